The first-order chi connectivity index (χ1) is 26.5. The third-order valence-corrected chi connectivity index (χ3v) is 12.3. The number of carbonyl (C=O) groups excluding carboxylic acids is 5. The van der Waals surface area contributed by atoms with E-state index in [1.165, 1.54) is 4.90 Å². The number of hydrogen-bond donors (Lipinski definition) is 4. The molecule has 4 N–H and O–H groups in total. The third kappa shape index (κ3) is 12.9. The van der Waals surface area contributed by atoms with E-state index in [9.17, 15) is 29.1 Å². The highest BCUT2D eigenvalue weighted by Crippen LogP contribution is 2.32. The number of thioether (sulfide) groups is 1. The quantitative estimate of drug-likeness (QED) is 0.311. The van der Waals surface area contributed by atoms with Crippen LogP contribution in [0.5, 0.6) is 5.75 Å². The fraction of sp³-hybridized carbons (Fsp3) is 0.714. The van der Waals surface area contributed by atoms with Gasteiger partial charge in [-0.25, -0.2) is 4.79 Å². The summed E-state index contributed by atoms with van der Waals surface area (Å²) >= 11 is 1.63. The molecule has 13 nitrogen and oxygen atoms in total. The molecule has 0 aliphatic carbocycles. The van der Waals surface area contributed by atoms with E-state index in [0.29, 0.717) is 57.2 Å². The van der Waals surface area contributed by atoms with Crippen LogP contribution in [0.4, 0.5) is 0 Å². The number of aliphatic hydroxyl groups excluding tert-OH is 1. The number of rotatable bonds is 5. The van der Waals surface area contributed by atoms with Gasteiger partial charge >= 0.3 is 5.97 Å². The normalized spacial score (nSPS) is 30.3. The molecule has 3 aliphatic heterocycles. The summed E-state index contributed by atoms with van der Waals surface area (Å²) in [5, 5.41) is 20.6. The van der Waals surface area contributed by atoms with Crippen molar-refractivity contribution in [2.45, 2.75) is 155 Å². The van der Waals surface area contributed by atoms with E-state index >= 15 is 0 Å². The molecule has 0 spiro atoms. The molecule has 0 aromatic heterocycles. The molecule has 1 aromatic rings. The fourth-order valence-corrected chi connectivity index (χ4v) is 8.67. The first kappa shape index (κ1) is 45.1. The highest BCUT2D eigenvalue weighted by molar-refractivity contribution is 8.14. The van der Waals surface area contributed by atoms with Crippen molar-refractivity contribution in [3.05, 3.63) is 29.8 Å². The highest BCUT2D eigenvalue weighted by atomic mass is 32.2. The topological polar surface area (TPSA) is 176 Å². The van der Waals surface area contributed by atoms with Gasteiger partial charge in [0.25, 0.3) is 0 Å². The summed E-state index contributed by atoms with van der Waals surface area (Å²) in [6.07, 6.45) is 3.61. The predicted molar refractivity (Wildman–Crippen MR) is 218 cm³/mol. The lowest BCUT2D eigenvalue weighted by atomic mass is 9.82. The molecular formula is C42H65N5O8S. The minimum Gasteiger partial charge on any atom is -0.497 e. The Morgan fingerprint density at radius 1 is 1.00 bits per heavy atom. The number of cyclic esters (lactones) is 1. The van der Waals surface area contributed by atoms with Gasteiger partial charge in [0.2, 0.25) is 23.6 Å². The summed E-state index contributed by atoms with van der Waals surface area (Å²) in [7, 11) is 1.57. The molecule has 312 valence electrons. The molecule has 4 rings (SSSR count). The lowest BCUT2D eigenvalue weighted by Gasteiger charge is -2.35. The maximum atomic E-state index is 14.2. The van der Waals surface area contributed by atoms with Crippen molar-refractivity contribution in [2.75, 3.05) is 19.4 Å². The van der Waals surface area contributed by atoms with Crippen molar-refractivity contribution < 1.29 is 38.6 Å². The van der Waals surface area contributed by atoms with Crippen LogP contribution in [0.2, 0.25) is 0 Å². The van der Waals surface area contributed by atoms with Crippen LogP contribution in [0.25, 0.3) is 0 Å². The molecule has 3 heterocycles. The molecule has 1 aromatic carbocycles. The number of aliphatic imine (C=N–C) groups is 1. The van der Waals surface area contributed by atoms with Crippen molar-refractivity contribution in [2.24, 2.45) is 22.2 Å². The maximum absolute atomic E-state index is 14.2. The zero-order chi connectivity index (χ0) is 41.2. The second-order valence-electron chi connectivity index (χ2n) is 17.0. The van der Waals surface area contributed by atoms with E-state index in [0.717, 1.165) is 22.8 Å². The molecule has 56 heavy (non-hydrogen) atoms. The monoisotopic (exact) mass is 799 g/mol. The summed E-state index contributed by atoms with van der Waals surface area (Å²) in [4.78, 5) is 75.5. The number of ether oxygens (including phenoxy) is 2. The SMILES string of the molecule is CC[C@H](C)[C@@H]1NC(=O)[C@H](C)NC(=O)[C@H](Cc2ccc(OC)cc2)NC(=O)CC[C@@H]2CCSC(=N2)C[C@@H](O)C[C@H](C)C[C@@H](C(C)(C)C)OC(=O)[C@@H]2CCCN2C1=O. The summed E-state index contributed by atoms with van der Waals surface area (Å²) < 4.78 is 11.5. The van der Waals surface area contributed by atoms with Gasteiger partial charge in [-0.15, -0.1) is 11.8 Å². The zero-order valence-corrected chi connectivity index (χ0v) is 35.4. The lowest BCUT2D eigenvalue weighted by molar-refractivity contribution is -0.164. The number of benzene rings is 1. The van der Waals surface area contributed by atoms with Gasteiger partial charge in [-0.1, -0.05) is 60.1 Å². The van der Waals surface area contributed by atoms with Gasteiger partial charge in [0.1, 0.15) is 36.0 Å². The van der Waals surface area contributed by atoms with Gasteiger partial charge < -0.3 is 35.4 Å². The van der Waals surface area contributed by atoms with Crippen molar-refractivity contribution in [1.29, 1.82) is 0 Å². The van der Waals surface area contributed by atoms with Crippen molar-refractivity contribution in [3.63, 3.8) is 0 Å². The number of aliphatic hydroxyl groups is 1. The van der Waals surface area contributed by atoms with Crippen LogP contribution in [-0.2, 0) is 35.1 Å². The maximum Gasteiger partial charge on any atom is 0.329 e. The molecule has 3 aliphatic rings. The Labute approximate surface area is 337 Å². The number of methoxy groups -OCH3 is 1. The molecule has 14 heteroatoms. The molecule has 1 saturated heterocycles. The van der Waals surface area contributed by atoms with E-state index in [2.05, 4.69) is 16.0 Å². The number of fused-ring (bicyclic) bond motifs is 2. The zero-order valence-electron chi connectivity index (χ0n) is 34.6. The number of esters is 1. The molecule has 2 bridgehead atoms. The fourth-order valence-electron chi connectivity index (χ4n) is 7.51. The number of nitrogens with zero attached hydrogens (tertiary/aromatic N) is 2. The number of amides is 4. The Morgan fingerprint density at radius 3 is 2.38 bits per heavy atom. The molecular weight excluding hydrogens is 735 g/mol. The minimum absolute atomic E-state index is 0.0284. The summed E-state index contributed by atoms with van der Waals surface area (Å²) in [6.45, 7) is 13.8. The average Bonchev–Trinajstić information content (AvgIpc) is 3.65. The predicted octanol–water partition coefficient (Wildman–Crippen LogP) is 4.57. The smallest absolute Gasteiger partial charge is 0.329 e. The largest absolute Gasteiger partial charge is 0.497 e. The van der Waals surface area contributed by atoms with Gasteiger partial charge in [-0.05, 0) is 80.4 Å². The summed E-state index contributed by atoms with van der Waals surface area (Å²) in [5.41, 5.74) is 0.393. The first-order valence-electron chi connectivity index (χ1n) is 20.4. The highest BCUT2D eigenvalue weighted by Gasteiger charge is 2.42. The number of hydrogen-bond acceptors (Lipinski definition) is 10. The van der Waals surface area contributed by atoms with Crippen molar-refractivity contribution >= 4 is 46.4 Å². The van der Waals surface area contributed by atoms with E-state index in [1.54, 1.807) is 37.9 Å². The van der Waals surface area contributed by atoms with Gasteiger partial charge in [0, 0.05) is 31.6 Å². The van der Waals surface area contributed by atoms with Crippen LogP contribution in [-0.4, -0.2) is 106 Å². The summed E-state index contributed by atoms with van der Waals surface area (Å²) in [6, 6.07) is 3.35. The summed E-state index contributed by atoms with van der Waals surface area (Å²) in [5.74, 6) is -0.988. The Kier molecular flexibility index (Phi) is 16.6. The van der Waals surface area contributed by atoms with Crippen LogP contribution in [0.15, 0.2) is 29.3 Å². The third-order valence-electron chi connectivity index (χ3n) is 11.3. The molecule has 9 atom stereocenters. The first-order valence-corrected chi connectivity index (χ1v) is 21.4. The van der Waals surface area contributed by atoms with Crippen LogP contribution in [0.1, 0.15) is 112 Å². The second-order valence-corrected chi connectivity index (χ2v) is 18.2. The molecule has 1 fully saturated rings. The Hall–Kier alpha value is -3.65. The number of carbonyl (C=O) groups is 5. The van der Waals surface area contributed by atoms with Crippen LogP contribution >= 0.6 is 11.8 Å². The molecule has 0 unspecified atom stereocenters. The van der Waals surface area contributed by atoms with E-state index in [-0.39, 0.29) is 42.5 Å². The van der Waals surface area contributed by atoms with Crippen LogP contribution in [0.3, 0.4) is 0 Å². The van der Waals surface area contributed by atoms with Crippen LogP contribution < -0.4 is 20.7 Å². The Bertz CT molecular complexity index is 1550. The van der Waals surface area contributed by atoms with Crippen molar-refractivity contribution in [3.8, 4) is 5.75 Å². The molecule has 4 amide bonds. The van der Waals surface area contributed by atoms with E-state index < -0.39 is 59.6 Å². The number of nitrogens with one attached hydrogen (secondary N) is 3. The molecule has 0 saturated carbocycles. The Morgan fingerprint density at radius 2 is 1.71 bits per heavy atom. The lowest BCUT2D eigenvalue weighted by Crippen LogP contribution is -2.59. The Balaban J connectivity index is 1.63. The standard InChI is InChI=1S/C42H65N5O8S/c1-9-26(3)37-40(52)47-19-10-11-33(47)41(53)55-34(42(5,6)7)22-25(2)21-30(48)24-36-44-29(18-20-56-36)14-17-35(49)45-32(39(51)43-27(4)38(50)46-37)23-28-12-15-31(54-8)16-13-28/h12-13,15-16,25-27,29-30,32-34,37,48H,9-11,14,17-24H2,1-8H3,(H,43,51)(H,45,49)(H,46,50)/t25-,26-,27-,29+,30-,32-,33-,34-,37-/m0/s1. The van der Waals surface area contributed by atoms with Gasteiger partial charge in [-0.2, -0.15) is 0 Å². The van der Waals surface area contributed by atoms with E-state index in [4.69, 9.17) is 14.5 Å². The average molecular weight is 800 g/mol. The van der Waals surface area contributed by atoms with Gasteiger partial charge in [0.05, 0.1) is 24.3 Å². The van der Waals surface area contributed by atoms with Crippen molar-refractivity contribution in [1.82, 2.24) is 20.9 Å². The van der Waals surface area contributed by atoms with Crippen LogP contribution in [0, 0.1) is 17.3 Å². The van der Waals surface area contributed by atoms with Gasteiger partial charge in [-0.3, -0.25) is 24.2 Å². The molecule has 0 radical (unpaired) electrons. The van der Waals surface area contributed by atoms with Gasteiger partial charge in [0.15, 0.2) is 0 Å². The minimum atomic E-state index is -1.04. The second kappa shape index (κ2) is 20.7. The van der Waals surface area contributed by atoms with E-state index in [1.807, 2.05) is 53.7 Å².